The van der Waals surface area contributed by atoms with Gasteiger partial charge in [0.15, 0.2) is 11.6 Å². The van der Waals surface area contributed by atoms with Crippen molar-refractivity contribution in [2.24, 2.45) is 0 Å². The number of carbonyl (C=O) groups excluding carboxylic acids is 1. The zero-order chi connectivity index (χ0) is 21.5. The molecule has 0 amide bonds. The maximum absolute atomic E-state index is 15.3. The number of nitrogens with one attached hydrogen (secondary N) is 1. The van der Waals surface area contributed by atoms with Crippen LogP contribution >= 0.6 is 0 Å². The number of H-pyrrole nitrogens is 1. The molecule has 2 heterocycles. The maximum atomic E-state index is 15.3. The highest BCUT2D eigenvalue weighted by atomic mass is 19.1. The van der Waals surface area contributed by atoms with Crippen molar-refractivity contribution in [1.82, 2.24) is 14.1 Å². The number of pyridine rings is 1. The monoisotopic (exact) mass is 409 g/mol. The van der Waals surface area contributed by atoms with Crippen LogP contribution in [0.3, 0.4) is 0 Å². The van der Waals surface area contributed by atoms with E-state index in [1.807, 2.05) is 4.98 Å². The highest BCUT2D eigenvalue weighted by Gasteiger charge is 2.25. The van der Waals surface area contributed by atoms with E-state index in [0.29, 0.717) is 12.3 Å². The molecular formula is C18H14F3N3O5. The smallest absolute Gasteiger partial charge is 0.343 e. The summed E-state index contributed by atoms with van der Waals surface area (Å²) in [4.78, 5) is 50.4. The molecule has 152 valence electrons. The average Bonchev–Trinajstić information content (AvgIpc) is 2.68. The van der Waals surface area contributed by atoms with Crippen LogP contribution in [0.15, 0.2) is 32.8 Å². The molecule has 0 saturated carbocycles. The van der Waals surface area contributed by atoms with Gasteiger partial charge in [-0.15, -0.1) is 0 Å². The van der Waals surface area contributed by atoms with Gasteiger partial charge in [-0.1, -0.05) is 0 Å². The quantitative estimate of drug-likeness (QED) is 0.657. The summed E-state index contributed by atoms with van der Waals surface area (Å²) < 4.78 is 49.4. The molecular weight excluding hydrogens is 395 g/mol. The van der Waals surface area contributed by atoms with Crippen LogP contribution in [-0.2, 0) is 11.3 Å². The van der Waals surface area contributed by atoms with Gasteiger partial charge in [0.2, 0.25) is 11.2 Å². The number of nitrogens with zero attached hydrogens (tertiary/aromatic N) is 2. The van der Waals surface area contributed by atoms with Gasteiger partial charge < -0.3 is 14.3 Å². The number of hydrogen-bond acceptors (Lipinski definition) is 5. The van der Waals surface area contributed by atoms with Crippen molar-refractivity contribution < 1.29 is 22.7 Å². The van der Waals surface area contributed by atoms with Gasteiger partial charge in [-0.3, -0.25) is 9.59 Å². The van der Waals surface area contributed by atoms with E-state index in [-0.39, 0.29) is 17.7 Å². The second-order valence-corrected chi connectivity index (χ2v) is 5.88. The lowest BCUT2D eigenvalue weighted by atomic mass is 10.1. The summed E-state index contributed by atoms with van der Waals surface area (Å²) in [5.41, 5.74) is -5.88. The molecule has 0 aliphatic carbocycles. The Morgan fingerprint density at radius 3 is 2.45 bits per heavy atom. The number of benzene rings is 1. The summed E-state index contributed by atoms with van der Waals surface area (Å²) in [5, 5.41) is -0.503. The van der Waals surface area contributed by atoms with Gasteiger partial charge in [0.05, 0.1) is 17.5 Å². The van der Waals surface area contributed by atoms with E-state index in [0.717, 1.165) is 10.8 Å². The SMILES string of the molecule is CCOC(=O)c1cn(CC)c2c(F)c(-n3c(=O)[nH]cc(F)c3=O)c(F)cc2c1=O. The predicted octanol–water partition coefficient (Wildman–Crippen LogP) is 1.45. The molecule has 29 heavy (non-hydrogen) atoms. The normalized spacial score (nSPS) is 11.1. The van der Waals surface area contributed by atoms with Crippen molar-refractivity contribution in [2.75, 3.05) is 6.61 Å². The van der Waals surface area contributed by atoms with Crippen LogP contribution in [0.2, 0.25) is 0 Å². The third kappa shape index (κ3) is 3.13. The Morgan fingerprint density at radius 1 is 1.14 bits per heavy atom. The molecule has 3 aromatic rings. The van der Waals surface area contributed by atoms with Gasteiger partial charge in [0.25, 0.3) is 5.56 Å². The van der Waals surface area contributed by atoms with Gasteiger partial charge in [-0.25, -0.2) is 22.9 Å². The number of carbonyl (C=O) groups is 1. The largest absolute Gasteiger partial charge is 0.462 e. The molecule has 3 rings (SSSR count). The maximum Gasteiger partial charge on any atom is 0.343 e. The minimum absolute atomic E-state index is 0.0185. The Hall–Kier alpha value is -3.63. The number of rotatable bonds is 4. The van der Waals surface area contributed by atoms with Crippen LogP contribution in [0, 0.1) is 17.5 Å². The van der Waals surface area contributed by atoms with Crippen LogP contribution < -0.4 is 16.7 Å². The fourth-order valence-electron chi connectivity index (χ4n) is 2.94. The second kappa shape index (κ2) is 7.41. The molecule has 8 nitrogen and oxygen atoms in total. The van der Waals surface area contributed by atoms with Gasteiger partial charge in [-0.2, -0.15) is 4.39 Å². The Kier molecular flexibility index (Phi) is 5.14. The van der Waals surface area contributed by atoms with Crippen LogP contribution in [0.1, 0.15) is 24.2 Å². The molecule has 11 heteroatoms. The summed E-state index contributed by atoms with van der Waals surface area (Å²) >= 11 is 0. The van der Waals surface area contributed by atoms with Crippen LogP contribution in [0.25, 0.3) is 16.6 Å². The summed E-state index contributed by atoms with van der Waals surface area (Å²) in [6, 6.07) is 0.585. The Bertz CT molecular complexity index is 1320. The molecule has 0 fully saturated rings. The van der Waals surface area contributed by atoms with Crippen LogP contribution in [-0.4, -0.2) is 26.7 Å². The molecule has 1 N–H and O–H groups in total. The molecule has 0 saturated heterocycles. The first-order valence-corrected chi connectivity index (χ1v) is 8.45. The lowest BCUT2D eigenvalue weighted by Gasteiger charge is -2.15. The Labute approximate surface area is 159 Å². The number of ether oxygens (including phenoxy) is 1. The molecule has 0 spiro atoms. The van der Waals surface area contributed by atoms with Crippen molar-refractivity contribution in [3.63, 3.8) is 0 Å². The van der Waals surface area contributed by atoms with Gasteiger partial charge >= 0.3 is 11.7 Å². The van der Waals surface area contributed by atoms with E-state index in [1.165, 1.54) is 6.92 Å². The van der Waals surface area contributed by atoms with Gasteiger partial charge in [0.1, 0.15) is 11.3 Å². The second-order valence-electron chi connectivity index (χ2n) is 5.88. The minimum Gasteiger partial charge on any atom is -0.462 e. The number of hydrogen-bond donors (Lipinski definition) is 1. The number of aromatic nitrogens is 3. The van der Waals surface area contributed by atoms with E-state index < -0.39 is 62.3 Å². The van der Waals surface area contributed by atoms with Crippen molar-refractivity contribution in [3.05, 3.63) is 72.5 Å². The fourth-order valence-corrected chi connectivity index (χ4v) is 2.94. The lowest BCUT2D eigenvalue weighted by Crippen LogP contribution is -2.36. The van der Waals surface area contributed by atoms with Gasteiger partial charge in [-0.05, 0) is 19.9 Å². The first-order valence-electron chi connectivity index (χ1n) is 8.45. The van der Waals surface area contributed by atoms with Crippen molar-refractivity contribution in [3.8, 4) is 5.69 Å². The van der Waals surface area contributed by atoms with Crippen molar-refractivity contribution in [1.29, 1.82) is 0 Å². The van der Waals surface area contributed by atoms with E-state index in [4.69, 9.17) is 4.74 Å². The molecule has 0 aliphatic heterocycles. The predicted molar refractivity (Wildman–Crippen MR) is 95.9 cm³/mol. The number of halogens is 3. The fraction of sp³-hybridized carbons (Fsp3) is 0.222. The zero-order valence-electron chi connectivity index (χ0n) is 15.2. The molecule has 2 aromatic heterocycles. The molecule has 0 bridgehead atoms. The molecule has 0 aliphatic rings. The highest BCUT2D eigenvalue weighted by Crippen LogP contribution is 2.25. The Morgan fingerprint density at radius 2 is 1.83 bits per heavy atom. The number of esters is 1. The third-order valence-electron chi connectivity index (χ3n) is 4.22. The Balaban J connectivity index is 2.48. The van der Waals surface area contributed by atoms with Crippen LogP contribution in [0.4, 0.5) is 13.2 Å². The van der Waals surface area contributed by atoms with Crippen molar-refractivity contribution >= 4 is 16.9 Å². The van der Waals surface area contributed by atoms with E-state index in [9.17, 15) is 28.0 Å². The zero-order valence-corrected chi connectivity index (χ0v) is 15.2. The third-order valence-corrected chi connectivity index (χ3v) is 4.22. The summed E-state index contributed by atoms with van der Waals surface area (Å²) in [7, 11) is 0. The van der Waals surface area contributed by atoms with Gasteiger partial charge in [0, 0.05) is 18.9 Å². The van der Waals surface area contributed by atoms with E-state index >= 15 is 4.39 Å². The van der Waals surface area contributed by atoms with Crippen molar-refractivity contribution in [2.45, 2.75) is 20.4 Å². The first kappa shape index (κ1) is 20.1. The number of aromatic amines is 1. The average molecular weight is 409 g/mol. The number of aryl methyl sites for hydroxylation is 1. The molecule has 0 radical (unpaired) electrons. The topological polar surface area (TPSA) is 103 Å². The lowest BCUT2D eigenvalue weighted by molar-refractivity contribution is 0.0524. The van der Waals surface area contributed by atoms with E-state index in [2.05, 4.69) is 0 Å². The highest BCUT2D eigenvalue weighted by molar-refractivity contribution is 5.94. The summed E-state index contributed by atoms with van der Waals surface area (Å²) in [6.07, 6.45) is 1.50. The minimum atomic E-state index is -1.57. The molecule has 0 unspecified atom stereocenters. The van der Waals surface area contributed by atoms with E-state index in [1.54, 1.807) is 6.92 Å². The first-order chi connectivity index (χ1) is 13.7. The number of fused-ring (bicyclic) bond motifs is 1. The standard InChI is InChI=1S/C18H14F3N3O5/c1-3-23-7-9(17(27)29-4-2)15(25)8-5-10(19)14(12(21)13(8)23)24-16(26)11(20)6-22-18(24)28/h5-7H,3-4H2,1-2H3,(H,22,28). The molecule has 1 aromatic carbocycles. The summed E-state index contributed by atoms with van der Waals surface area (Å²) in [5.74, 6) is -5.31. The molecule has 0 atom stereocenters. The summed E-state index contributed by atoms with van der Waals surface area (Å²) in [6.45, 7) is 3.11. The van der Waals surface area contributed by atoms with Crippen LogP contribution in [0.5, 0.6) is 0 Å².